The standard InChI is InChI=1S/C11H15Cl2N3/c12-9-3-4-11(13)15-10(9)7-16-5-1-2-8(16)6-14/h3-4,8H,1-2,5-7,14H2. The molecule has 1 aromatic rings. The minimum absolute atomic E-state index is 0.455. The van der Waals surface area contributed by atoms with Crippen molar-refractivity contribution >= 4 is 23.2 Å². The summed E-state index contributed by atoms with van der Waals surface area (Å²) < 4.78 is 0. The number of aromatic nitrogens is 1. The Bertz CT molecular complexity index is 370. The van der Waals surface area contributed by atoms with Crippen LogP contribution in [-0.4, -0.2) is 29.0 Å². The molecule has 5 heteroatoms. The molecule has 2 N–H and O–H groups in total. The van der Waals surface area contributed by atoms with E-state index < -0.39 is 0 Å². The third-order valence-electron chi connectivity index (χ3n) is 3.01. The summed E-state index contributed by atoms with van der Waals surface area (Å²) in [6.07, 6.45) is 2.36. The second-order valence-electron chi connectivity index (χ2n) is 4.06. The molecule has 1 aliphatic heterocycles. The zero-order valence-corrected chi connectivity index (χ0v) is 10.5. The van der Waals surface area contributed by atoms with Gasteiger partial charge in [-0.1, -0.05) is 23.2 Å². The van der Waals surface area contributed by atoms with Crippen LogP contribution in [0.3, 0.4) is 0 Å². The van der Waals surface area contributed by atoms with E-state index in [9.17, 15) is 0 Å². The number of hydrogen-bond acceptors (Lipinski definition) is 3. The third kappa shape index (κ3) is 2.66. The molecule has 0 saturated carbocycles. The van der Waals surface area contributed by atoms with E-state index in [1.807, 2.05) is 0 Å². The Morgan fingerprint density at radius 1 is 1.44 bits per heavy atom. The largest absolute Gasteiger partial charge is 0.329 e. The van der Waals surface area contributed by atoms with E-state index in [2.05, 4.69) is 9.88 Å². The minimum atomic E-state index is 0.455. The van der Waals surface area contributed by atoms with Gasteiger partial charge in [0.25, 0.3) is 0 Å². The van der Waals surface area contributed by atoms with Crippen molar-refractivity contribution in [2.45, 2.75) is 25.4 Å². The van der Waals surface area contributed by atoms with Gasteiger partial charge in [-0.2, -0.15) is 0 Å². The van der Waals surface area contributed by atoms with Gasteiger partial charge in [0.05, 0.1) is 10.7 Å². The summed E-state index contributed by atoms with van der Waals surface area (Å²) in [5, 5.41) is 1.16. The Hall–Kier alpha value is -0.350. The van der Waals surface area contributed by atoms with Crippen molar-refractivity contribution in [1.29, 1.82) is 0 Å². The maximum absolute atomic E-state index is 6.09. The number of hydrogen-bond donors (Lipinski definition) is 1. The van der Waals surface area contributed by atoms with Crippen LogP contribution >= 0.6 is 23.2 Å². The highest BCUT2D eigenvalue weighted by atomic mass is 35.5. The topological polar surface area (TPSA) is 42.1 Å². The van der Waals surface area contributed by atoms with Crippen molar-refractivity contribution in [3.05, 3.63) is 28.0 Å². The van der Waals surface area contributed by atoms with Crippen LogP contribution < -0.4 is 5.73 Å². The molecule has 0 radical (unpaired) electrons. The molecule has 0 aromatic carbocycles. The second-order valence-corrected chi connectivity index (χ2v) is 4.86. The number of nitrogens with two attached hydrogens (primary N) is 1. The average molecular weight is 260 g/mol. The molecule has 2 rings (SSSR count). The highest BCUT2D eigenvalue weighted by molar-refractivity contribution is 6.32. The lowest BCUT2D eigenvalue weighted by atomic mass is 10.2. The SMILES string of the molecule is NCC1CCCN1Cc1nc(Cl)ccc1Cl. The smallest absolute Gasteiger partial charge is 0.129 e. The molecule has 2 heterocycles. The van der Waals surface area contributed by atoms with Crippen molar-refractivity contribution in [1.82, 2.24) is 9.88 Å². The van der Waals surface area contributed by atoms with Crippen LogP contribution in [0.2, 0.25) is 10.2 Å². The van der Waals surface area contributed by atoms with Gasteiger partial charge in [-0.15, -0.1) is 0 Å². The molecule has 1 fully saturated rings. The van der Waals surface area contributed by atoms with E-state index in [0.29, 0.717) is 22.8 Å². The zero-order valence-electron chi connectivity index (χ0n) is 9.00. The van der Waals surface area contributed by atoms with E-state index in [-0.39, 0.29) is 0 Å². The molecule has 88 valence electrons. The van der Waals surface area contributed by atoms with Gasteiger partial charge in [0.2, 0.25) is 0 Å². The van der Waals surface area contributed by atoms with Crippen LogP contribution in [-0.2, 0) is 6.54 Å². The van der Waals surface area contributed by atoms with Crippen molar-refractivity contribution in [3.8, 4) is 0 Å². The van der Waals surface area contributed by atoms with Gasteiger partial charge in [-0.25, -0.2) is 4.98 Å². The fraction of sp³-hybridized carbons (Fsp3) is 0.545. The monoisotopic (exact) mass is 259 g/mol. The van der Waals surface area contributed by atoms with Gasteiger partial charge in [0.15, 0.2) is 0 Å². The molecular formula is C11H15Cl2N3. The van der Waals surface area contributed by atoms with Crippen molar-refractivity contribution in [3.63, 3.8) is 0 Å². The molecule has 0 bridgehead atoms. The third-order valence-corrected chi connectivity index (χ3v) is 3.56. The number of halogens is 2. The molecule has 0 aliphatic carbocycles. The van der Waals surface area contributed by atoms with Crippen molar-refractivity contribution in [2.24, 2.45) is 5.73 Å². The Morgan fingerprint density at radius 3 is 3.00 bits per heavy atom. The van der Waals surface area contributed by atoms with E-state index in [1.165, 1.54) is 6.42 Å². The van der Waals surface area contributed by atoms with Crippen molar-refractivity contribution < 1.29 is 0 Å². The highest BCUT2D eigenvalue weighted by Gasteiger charge is 2.24. The predicted molar refractivity (Wildman–Crippen MR) is 66.7 cm³/mol. The number of rotatable bonds is 3. The number of pyridine rings is 1. The first-order valence-corrected chi connectivity index (χ1v) is 6.21. The van der Waals surface area contributed by atoms with Crippen LogP contribution in [0.5, 0.6) is 0 Å². The summed E-state index contributed by atoms with van der Waals surface area (Å²) in [5.74, 6) is 0. The van der Waals surface area contributed by atoms with Crippen LogP contribution in [0, 0.1) is 0 Å². The van der Waals surface area contributed by atoms with E-state index >= 15 is 0 Å². The lowest BCUT2D eigenvalue weighted by Crippen LogP contribution is -2.35. The molecule has 1 aromatic heterocycles. The molecule has 0 amide bonds. The van der Waals surface area contributed by atoms with Gasteiger partial charge in [-0.05, 0) is 31.5 Å². The van der Waals surface area contributed by atoms with Crippen LogP contribution in [0.4, 0.5) is 0 Å². The summed E-state index contributed by atoms with van der Waals surface area (Å²) in [5.41, 5.74) is 6.57. The van der Waals surface area contributed by atoms with Gasteiger partial charge in [0.1, 0.15) is 5.15 Å². The molecule has 16 heavy (non-hydrogen) atoms. The Morgan fingerprint density at radius 2 is 2.25 bits per heavy atom. The van der Waals surface area contributed by atoms with Crippen molar-refractivity contribution in [2.75, 3.05) is 13.1 Å². The maximum Gasteiger partial charge on any atom is 0.129 e. The summed E-state index contributed by atoms with van der Waals surface area (Å²) in [6.45, 7) is 2.49. The molecule has 1 atom stereocenters. The fourth-order valence-corrected chi connectivity index (χ4v) is 2.46. The Kier molecular flexibility index (Phi) is 4.03. The lowest BCUT2D eigenvalue weighted by molar-refractivity contribution is 0.247. The number of nitrogens with zero attached hydrogens (tertiary/aromatic N) is 2. The minimum Gasteiger partial charge on any atom is -0.329 e. The fourth-order valence-electron chi connectivity index (χ4n) is 2.13. The van der Waals surface area contributed by atoms with Gasteiger partial charge < -0.3 is 5.73 Å². The van der Waals surface area contributed by atoms with Gasteiger partial charge in [0, 0.05) is 19.1 Å². The molecule has 3 nitrogen and oxygen atoms in total. The van der Waals surface area contributed by atoms with Crippen LogP contribution in [0.1, 0.15) is 18.5 Å². The molecule has 1 unspecified atom stereocenters. The average Bonchev–Trinajstić information content (AvgIpc) is 2.71. The molecular weight excluding hydrogens is 245 g/mol. The summed E-state index contributed by atoms with van der Waals surface area (Å²) in [6, 6.07) is 3.95. The highest BCUT2D eigenvalue weighted by Crippen LogP contribution is 2.23. The first-order valence-electron chi connectivity index (χ1n) is 5.45. The quantitative estimate of drug-likeness (QED) is 0.848. The Labute approximate surface area is 106 Å². The molecule has 1 saturated heterocycles. The van der Waals surface area contributed by atoms with E-state index in [1.54, 1.807) is 12.1 Å². The van der Waals surface area contributed by atoms with E-state index in [0.717, 1.165) is 25.2 Å². The Balaban J connectivity index is 2.11. The predicted octanol–water partition coefficient (Wildman–Crippen LogP) is 2.31. The summed E-state index contributed by atoms with van der Waals surface area (Å²) in [7, 11) is 0. The molecule has 0 spiro atoms. The van der Waals surface area contributed by atoms with E-state index in [4.69, 9.17) is 28.9 Å². The first kappa shape index (κ1) is 12.1. The normalized spacial score (nSPS) is 21.6. The zero-order chi connectivity index (χ0) is 11.5. The van der Waals surface area contributed by atoms with Crippen LogP contribution in [0.25, 0.3) is 0 Å². The maximum atomic E-state index is 6.09. The number of likely N-dealkylation sites (tertiary alicyclic amines) is 1. The van der Waals surface area contributed by atoms with Crippen LogP contribution in [0.15, 0.2) is 12.1 Å². The summed E-state index contributed by atoms with van der Waals surface area (Å²) >= 11 is 11.9. The van der Waals surface area contributed by atoms with Gasteiger partial charge in [-0.3, -0.25) is 4.90 Å². The summed E-state index contributed by atoms with van der Waals surface area (Å²) in [4.78, 5) is 6.58. The molecule has 1 aliphatic rings. The first-order chi connectivity index (χ1) is 7.70. The van der Waals surface area contributed by atoms with Gasteiger partial charge >= 0.3 is 0 Å². The second kappa shape index (κ2) is 5.32. The lowest BCUT2D eigenvalue weighted by Gasteiger charge is -2.22.